The van der Waals surface area contributed by atoms with Gasteiger partial charge in [0.15, 0.2) is 0 Å². The number of thioether (sulfide) groups is 1. The largest absolute Gasteiger partial charge is 0.495 e. The average molecular weight is 373 g/mol. The van der Waals surface area contributed by atoms with E-state index < -0.39 is 0 Å². The number of aromatic nitrogens is 1. The van der Waals surface area contributed by atoms with Crippen LogP contribution in [0.15, 0.2) is 47.4 Å². The van der Waals surface area contributed by atoms with Crippen molar-refractivity contribution in [3.05, 3.63) is 53.2 Å². The highest BCUT2D eigenvalue weighted by Gasteiger charge is 2.24. The topological polar surface area (TPSA) is 43.3 Å². The fourth-order valence-corrected chi connectivity index (χ4v) is 4.56. The maximum Gasteiger partial charge on any atom is 0.272 e. The molecule has 0 spiro atoms. The number of hydrogen-bond acceptors (Lipinski definition) is 3. The smallest absolute Gasteiger partial charge is 0.272 e. The number of hydrogen-bond donors (Lipinski definition) is 1. The SMILES string of the molecule is COc1ccc(Cl)cc1NC(=O)c1cc2cccc3c2n1CC(C)S3. The molecule has 0 bridgehead atoms. The van der Waals surface area contributed by atoms with Gasteiger partial charge in [0.1, 0.15) is 11.4 Å². The molecule has 0 saturated carbocycles. The minimum absolute atomic E-state index is 0.165. The Bertz CT molecular complexity index is 983. The third kappa shape index (κ3) is 2.87. The molecule has 1 unspecified atom stereocenters. The Balaban J connectivity index is 1.76. The monoisotopic (exact) mass is 372 g/mol. The van der Waals surface area contributed by atoms with Crippen molar-refractivity contribution >= 4 is 45.9 Å². The number of nitrogens with one attached hydrogen (secondary N) is 1. The summed E-state index contributed by atoms with van der Waals surface area (Å²) >= 11 is 7.91. The minimum Gasteiger partial charge on any atom is -0.495 e. The highest BCUT2D eigenvalue weighted by Crippen LogP contribution is 2.38. The van der Waals surface area contributed by atoms with E-state index in [1.54, 1.807) is 25.3 Å². The molecule has 128 valence electrons. The van der Waals surface area contributed by atoms with E-state index in [1.165, 1.54) is 4.90 Å². The van der Waals surface area contributed by atoms with Crippen LogP contribution in [0.5, 0.6) is 5.75 Å². The zero-order valence-corrected chi connectivity index (χ0v) is 15.4. The number of halogens is 1. The quantitative estimate of drug-likeness (QED) is 0.699. The van der Waals surface area contributed by atoms with E-state index in [0.717, 1.165) is 17.4 Å². The van der Waals surface area contributed by atoms with E-state index in [-0.39, 0.29) is 5.91 Å². The molecule has 1 aromatic heterocycles. The van der Waals surface area contributed by atoms with Crippen LogP contribution in [0.25, 0.3) is 10.9 Å². The summed E-state index contributed by atoms with van der Waals surface area (Å²) < 4.78 is 7.43. The zero-order valence-electron chi connectivity index (χ0n) is 13.9. The number of ether oxygens (including phenoxy) is 1. The van der Waals surface area contributed by atoms with Gasteiger partial charge in [-0.2, -0.15) is 0 Å². The predicted octanol–water partition coefficient (Wildman–Crippen LogP) is 5.05. The number of nitrogens with zero attached hydrogens (tertiary/aromatic N) is 1. The number of anilines is 1. The summed E-state index contributed by atoms with van der Waals surface area (Å²) in [5.41, 5.74) is 2.35. The maximum atomic E-state index is 12.9. The highest BCUT2D eigenvalue weighted by molar-refractivity contribution is 8.00. The van der Waals surface area contributed by atoms with Gasteiger partial charge in [-0.3, -0.25) is 4.79 Å². The van der Waals surface area contributed by atoms with Crippen LogP contribution in [0.3, 0.4) is 0 Å². The fourth-order valence-electron chi connectivity index (χ4n) is 3.24. The second-order valence-electron chi connectivity index (χ2n) is 6.06. The minimum atomic E-state index is -0.165. The lowest BCUT2D eigenvalue weighted by molar-refractivity contribution is 0.101. The third-order valence-corrected chi connectivity index (χ3v) is 5.66. The molecule has 2 heterocycles. The van der Waals surface area contributed by atoms with Crippen LogP contribution in [-0.2, 0) is 6.54 Å². The van der Waals surface area contributed by atoms with Crippen molar-refractivity contribution in [2.45, 2.75) is 23.6 Å². The molecule has 4 nitrogen and oxygen atoms in total. The molecule has 3 aromatic rings. The van der Waals surface area contributed by atoms with Crippen molar-refractivity contribution in [1.82, 2.24) is 4.57 Å². The van der Waals surface area contributed by atoms with Crippen molar-refractivity contribution in [3.63, 3.8) is 0 Å². The molecule has 1 amide bonds. The maximum absolute atomic E-state index is 12.9. The van der Waals surface area contributed by atoms with Gasteiger partial charge in [-0.05, 0) is 30.3 Å². The summed E-state index contributed by atoms with van der Waals surface area (Å²) in [5.74, 6) is 0.416. The van der Waals surface area contributed by atoms with Crippen LogP contribution >= 0.6 is 23.4 Å². The fraction of sp³-hybridized carbons (Fsp3) is 0.211. The Morgan fingerprint density at radius 1 is 1.32 bits per heavy atom. The Labute approximate surface area is 155 Å². The van der Waals surface area contributed by atoms with E-state index in [9.17, 15) is 4.79 Å². The molecule has 25 heavy (non-hydrogen) atoms. The standard InChI is InChI=1S/C19H17ClN2O2S/c1-11-10-22-15(8-12-4-3-5-17(25-11)18(12)22)19(23)21-14-9-13(20)6-7-16(14)24-2/h3-9,11H,10H2,1-2H3,(H,21,23). The second kappa shape index (κ2) is 6.32. The van der Waals surface area contributed by atoms with Crippen molar-refractivity contribution in [1.29, 1.82) is 0 Å². The summed E-state index contributed by atoms with van der Waals surface area (Å²) in [6.45, 7) is 2.98. The van der Waals surface area contributed by atoms with E-state index in [0.29, 0.717) is 27.4 Å². The van der Waals surface area contributed by atoms with Crippen molar-refractivity contribution in [3.8, 4) is 5.75 Å². The molecular formula is C19H17ClN2O2S. The first-order valence-corrected chi connectivity index (χ1v) is 9.26. The molecule has 0 saturated heterocycles. The molecule has 0 fully saturated rings. The zero-order chi connectivity index (χ0) is 17.6. The van der Waals surface area contributed by atoms with Gasteiger partial charge in [-0.1, -0.05) is 30.7 Å². The molecule has 0 aliphatic carbocycles. The van der Waals surface area contributed by atoms with Crippen LogP contribution in [0.4, 0.5) is 5.69 Å². The normalized spacial score (nSPS) is 16.0. The molecule has 1 atom stereocenters. The number of rotatable bonds is 3. The number of carbonyl (C=O) groups excluding carboxylic acids is 1. The Kier molecular flexibility index (Phi) is 4.13. The number of para-hydroxylation sites is 1. The predicted molar refractivity (Wildman–Crippen MR) is 103 cm³/mol. The van der Waals surface area contributed by atoms with Crippen LogP contribution < -0.4 is 10.1 Å². The van der Waals surface area contributed by atoms with Crippen LogP contribution in [0, 0.1) is 0 Å². The first-order chi connectivity index (χ1) is 12.1. The van der Waals surface area contributed by atoms with Crippen LogP contribution in [-0.4, -0.2) is 22.8 Å². The number of amides is 1. The Morgan fingerprint density at radius 3 is 2.96 bits per heavy atom. The molecule has 6 heteroatoms. The van der Waals surface area contributed by atoms with Crippen LogP contribution in [0.2, 0.25) is 5.02 Å². The lowest BCUT2D eigenvalue weighted by Gasteiger charge is -2.22. The summed E-state index contributed by atoms with van der Waals surface area (Å²) in [5, 5.41) is 4.98. The summed E-state index contributed by atoms with van der Waals surface area (Å²) in [4.78, 5) is 14.2. The van der Waals surface area contributed by atoms with E-state index in [2.05, 4.69) is 22.9 Å². The van der Waals surface area contributed by atoms with E-state index >= 15 is 0 Å². The van der Waals surface area contributed by atoms with Gasteiger partial charge in [-0.15, -0.1) is 11.8 Å². The molecular weight excluding hydrogens is 356 g/mol. The summed E-state index contributed by atoms with van der Waals surface area (Å²) in [6.07, 6.45) is 0. The first-order valence-electron chi connectivity index (χ1n) is 8.00. The number of methoxy groups -OCH3 is 1. The molecule has 0 radical (unpaired) electrons. The number of carbonyl (C=O) groups is 1. The summed E-state index contributed by atoms with van der Waals surface area (Å²) in [7, 11) is 1.57. The molecule has 4 rings (SSSR count). The van der Waals surface area contributed by atoms with Gasteiger partial charge in [0.25, 0.3) is 5.91 Å². The lowest BCUT2D eigenvalue weighted by Crippen LogP contribution is -2.22. The lowest BCUT2D eigenvalue weighted by atomic mass is 10.2. The molecule has 2 aromatic carbocycles. The van der Waals surface area contributed by atoms with Gasteiger partial charge < -0.3 is 14.6 Å². The summed E-state index contributed by atoms with van der Waals surface area (Å²) in [6, 6.07) is 13.3. The van der Waals surface area contributed by atoms with Gasteiger partial charge in [0.2, 0.25) is 0 Å². The van der Waals surface area contributed by atoms with Crippen molar-refractivity contribution < 1.29 is 9.53 Å². The van der Waals surface area contributed by atoms with Gasteiger partial charge in [-0.25, -0.2) is 0 Å². The molecule has 1 aliphatic rings. The van der Waals surface area contributed by atoms with Gasteiger partial charge in [0.05, 0.1) is 18.3 Å². The van der Waals surface area contributed by atoms with Crippen LogP contribution in [0.1, 0.15) is 17.4 Å². The second-order valence-corrected chi connectivity index (χ2v) is 7.98. The van der Waals surface area contributed by atoms with Crippen molar-refractivity contribution in [2.75, 3.05) is 12.4 Å². The Hall–Kier alpha value is -2.11. The highest BCUT2D eigenvalue weighted by atomic mass is 35.5. The van der Waals surface area contributed by atoms with E-state index in [1.807, 2.05) is 30.0 Å². The average Bonchev–Trinajstić information content (AvgIpc) is 2.95. The first kappa shape index (κ1) is 16.4. The number of benzene rings is 2. The molecule has 1 aliphatic heterocycles. The molecule has 1 N–H and O–H groups in total. The van der Waals surface area contributed by atoms with Gasteiger partial charge >= 0.3 is 0 Å². The third-order valence-electron chi connectivity index (χ3n) is 4.29. The Morgan fingerprint density at radius 2 is 2.16 bits per heavy atom. The van der Waals surface area contributed by atoms with Gasteiger partial charge in [0, 0.05) is 27.1 Å². The van der Waals surface area contributed by atoms with E-state index in [4.69, 9.17) is 16.3 Å². The van der Waals surface area contributed by atoms with Crippen molar-refractivity contribution in [2.24, 2.45) is 0 Å².